The van der Waals surface area contributed by atoms with Gasteiger partial charge in [0.15, 0.2) is 5.82 Å². The van der Waals surface area contributed by atoms with E-state index in [1.807, 2.05) is 51.1 Å². The van der Waals surface area contributed by atoms with Gasteiger partial charge in [-0.25, -0.2) is 9.78 Å². The van der Waals surface area contributed by atoms with Crippen molar-refractivity contribution in [2.45, 2.75) is 26.9 Å². The van der Waals surface area contributed by atoms with Crippen molar-refractivity contribution < 1.29 is 9.53 Å². The normalized spacial score (nSPS) is 11.5. The summed E-state index contributed by atoms with van der Waals surface area (Å²) in [5, 5.41) is 5.47. The first-order valence-corrected chi connectivity index (χ1v) is 8.55. The molecule has 1 atom stereocenters. The molecule has 0 spiro atoms. The van der Waals surface area contributed by atoms with Crippen molar-refractivity contribution in [3.05, 3.63) is 71.9 Å². The molecule has 138 valence electrons. The molecule has 3 rings (SSSR count). The summed E-state index contributed by atoms with van der Waals surface area (Å²) in [5.74, 6) is 0.944. The van der Waals surface area contributed by atoms with Crippen LogP contribution in [0.2, 0.25) is 0 Å². The van der Waals surface area contributed by atoms with Crippen LogP contribution in [0.1, 0.15) is 29.8 Å². The number of anilines is 2. The molecule has 2 aromatic heterocycles. The zero-order valence-electron chi connectivity index (χ0n) is 15.4. The zero-order chi connectivity index (χ0) is 19.2. The van der Waals surface area contributed by atoms with E-state index in [9.17, 15) is 4.79 Å². The summed E-state index contributed by atoms with van der Waals surface area (Å²) in [7, 11) is 0. The number of hydrogen-bond acceptors (Lipinski definition) is 5. The highest BCUT2D eigenvalue weighted by Crippen LogP contribution is 2.30. The van der Waals surface area contributed by atoms with Crippen LogP contribution in [0.25, 0.3) is 0 Å². The van der Waals surface area contributed by atoms with E-state index in [0.29, 0.717) is 17.3 Å². The number of aromatic nitrogens is 3. The molecule has 3 aromatic rings. The van der Waals surface area contributed by atoms with Gasteiger partial charge in [-0.2, -0.15) is 0 Å². The first-order valence-electron chi connectivity index (χ1n) is 8.55. The molecular weight excluding hydrogens is 342 g/mol. The molecule has 1 aromatic carbocycles. The predicted molar refractivity (Wildman–Crippen MR) is 104 cm³/mol. The van der Waals surface area contributed by atoms with E-state index in [0.717, 1.165) is 16.8 Å². The Bertz CT molecular complexity index is 913. The first kappa shape index (κ1) is 18.3. The number of nitrogens with zero attached hydrogens (tertiary/aromatic N) is 3. The van der Waals surface area contributed by atoms with E-state index in [1.54, 1.807) is 18.6 Å². The minimum atomic E-state index is -0.419. The molecule has 0 saturated heterocycles. The number of pyridine rings is 1. The van der Waals surface area contributed by atoms with Gasteiger partial charge >= 0.3 is 6.03 Å². The highest BCUT2D eigenvalue weighted by molar-refractivity contribution is 6.00. The molecule has 2 amide bonds. The molecule has 2 N–H and O–H groups in total. The van der Waals surface area contributed by atoms with Gasteiger partial charge in [0.2, 0.25) is 0 Å². The fraction of sp³-hybridized carbons (Fsp3) is 0.200. The highest BCUT2D eigenvalue weighted by Gasteiger charge is 2.13. The number of benzene rings is 1. The van der Waals surface area contributed by atoms with Gasteiger partial charge in [0.1, 0.15) is 11.9 Å². The van der Waals surface area contributed by atoms with Crippen molar-refractivity contribution in [1.82, 2.24) is 15.0 Å². The molecule has 0 aliphatic rings. The van der Waals surface area contributed by atoms with Crippen LogP contribution < -0.4 is 15.4 Å². The van der Waals surface area contributed by atoms with E-state index >= 15 is 0 Å². The van der Waals surface area contributed by atoms with Crippen LogP contribution in [0.4, 0.5) is 16.3 Å². The molecule has 0 radical (unpaired) electrons. The molecule has 0 bridgehead atoms. The zero-order valence-corrected chi connectivity index (χ0v) is 15.4. The van der Waals surface area contributed by atoms with Crippen LogP contribution in [0, 0.1) is 13.8 Å². The summed E-state index contributed by atoms with van der Waals surface area (Å²) in [6.45, 7) is 5.71. The molecule has 0 aliphatic carbocycles. The summed E-state index contributed by atoms with van der Waals surface area (Å²) in [6.07, 6.45) is 6.36. The van der Waals surface area contributed by atoms with Gasteiger partial charge in [-0.1, -0.05) is 12.1 Å². The molecule has 2 heterocycles. The largest absolute Gasteiger partial charge is 0.484 e. The van der Waals surface area contributed by atoms with E-state index < -0.39 is 6.03 Å². The number of carbonyl (C=O) groups excluding carboxylic acids is 1. The number of ether oxygens (including phenoxy) is 1. The van der Waals surface area contributed by atoms with Crippen molar-refractivity contribution in [1.29, 1.82) is 0 Å². The lowest BCUT2D eigenvalue weighted by Gasteiger charge is -2.18. The second-order valence-electron chi connectivity index (χ2n) is 6.17. The maximum atomic E-state index is 12.3. The maximum absolute atomic E-state index is 12.3. The SMILES string of the molecule is Cc1ccc(OC(C)c2cccnc2)c(NC(=O)Nc2cnc(C)cn2)c1. The molecule has 7 nitrogen and oxygen atoms in total. The Morgan fingerprint density at radius 1 is 1.07 bits per heavy atom. The Hall–Kier alpha value is -3.48. The molecule has 0 aliphatic heterocycles. The third-order valence-electron chi connectivity index (χ3n) is 3.86. The van der Waals surface area contributed by atoms with Gasteiger partial charge in [0, 0.05) is 18.0 Å². The topological polar surface area (TPSA) is 89.0 Å². The van der Waals surface area contributed by atoms with E-state index in [-0.39, 0.29) is 6.10 Å². The van der Waals surface area contributed by atoms with Crippen molar-refractivity contribution in [2.75, 3.05) is 10.6 Å². The predicted octanol–water partition coefficient (Wildman–Crippen LogP) is 4.27. The molecular formula is C20H21N5O2. The van der Waals surface area contributed by atoms with Crippen LogP contribution in [0.5, 0.6) is 5.75 Å². The number of hydrogen-bond donors (Lipinski definition) is 2. The fourth-order valence-electron chi connectivity index (χ4n) is 2.45. The number of amides is 2. The molecule has 0 saturated carbocycles. The Labute approximate surface area is 157 Å². The van der Waals surface area contributed by atoms with Gasteiger partial charge in [0.05, 0.1) is 23.8 Å². The molecule has 1 unspecified atom stereocenters. The van der Waals surface area contributed by atoms with Gasteiger partial charge < -0.3 is 10.1 Å². The first-order chi connectivity index (χ1) is 13.0. The van der Waals surface area contributed by atoms with E-state index in [2.05, 4.69) is 25.6 Å². The third kappa shape index (κ3) is 5.01. The minimum absolute atomic E-state index is 0.215. The Kier molecular flexibility index (Phi) is 5.61. The number of rotatable bonds is 5. The lowest BCUT2D eigenvalue weighted by Crippen LogP contribution is -2.21. The number of urea groups is 1. The molecule has 27 heavy (non-hydrogen) atoms. The summed E-state index contributed by atoms with van der Waals surface area (Å²) in [4.78, 5) is 24.7. The van der Waals surface area contributed by atoms with Crippen molar-refractivity contribution >= 4 is 17.5 Å². The Balaban J connectivity index is 1.73. The average molecular weight is 363 g/mol. The molecule has 0 fully saturated rings. The van der Waals surface area contributed by atoms with Crippen LogP contribution in [0.3, 0.4) is 0 Å². The van der Waals surface area contributed by atoms with Gasteiger partial charge in [-0.05, 0) is 44.5 Å². The second kappa shape index (κ2) is 8.27. The Morgan fingerprint density at radius 2 is 1.93 bits per heavy atom. The Morgan fingerprint density at radius 3 is 2.63 bits per heavy atom. The van der Waals surface area contributed by atoms with Gasteiger partial charge in [0.25, 0.3) is 0 Å². The third-order valence-corrected chi connectivity index (χ3v) is 3.86. The average Bonchev–Trinajstić information content (AvgIpc) is 2.66. The number of carbonyl (C=O) groups is 1. The van der Waals surface area contributed by atoms with Crippen molar-refractivity contribution in [3.8, 4) is 5.75 Å². The van der Waals surface area contributed by atoms with Crippen molar-refractivity contribution in [2.24, 2.45) is 0 Å². The van der Waals surface area contributed by atoms with Crippen LogP contribution >= 0.6 is 0 Å². The van der Waals surface area contributed by atoms with Crippen LogP contribution in [0.15, 0.2) is 55.1 Å². The second-order valence-corrected chi connectivity index (χ2v) is 6.17. The fourth-order valence-corrected chi connectivity index (χ4v) is 2.45. The monoisotopic (exact) mass is 363 g/mol. The summed E-state index contributed by atoms with van der Waals surface area (Å²) < 4.78 is 6.04. The van der Waals surface area contributed by atoms with Gasteiger partial charge in [-0.3, -0.25) is 15.3 Å². The lowest BCUT2D eigenvalue weighted by atomic mass is 10.1. The summed E-state index contributed by atoms with van der Waals surface area (Å²) in [6, 6.07) is 9.01. The maximum Gasteiger partial charge on any atom is 0.324 e. The van der Waals surface area contributed by atoms with Gasteiger partial charge in [-0.15, -0.1) is 0 Å². The lowest BCUT2D eigenvalue weighted by molar-refractivity contribution is 0.227. The quantitative estimate of drug-likeness (QED) is 0.706. The number of aryl methyl sites for hydroxylation is 2. The standard InChI is InChI=1S/C20H21N5O2/c1-13-6-7-18(27-15(3)16-5-4-8-21-11-16)17(9-13)24-20(26)25-19-12-22-14(2)10-23-19/h4-12,15H,1-3H3,(H2,23,24,25,26). The highest BCUT2D eigenvalue weighted by atomic mass is 16.5. The summed E-state index contributed by atoms with van der Waals surface area (Å²) >= 11 is 0. The number of nitrogens with one attached hydrogen (secondary N) is 2. The van der Waals surface area contributed by atoms with Crippen LogP contribution in [-0.4, -0.2) is 21.0 Å². The summed E-state index contributed by atoms with van der Waals surface area (Å²) in [5.41, 5.74) is 3.30. The minimum Gasteiger partial charge on any atom is -0.484 e. The van der Waals surface area contributed by atoms with Crippen molar-refractivity contribution in [3.63, 3.8) is 0 Å². The van der Waals surface area contributed by atoms with Crippen LogP contribution in [-0.2, 0) is 0 Å². The smallest absolute Gasteiger partial charge is 0.324 e. The van der Waals surface area contributed by atoms with E-state index in [1.165, 1.54) is 6.20 Å². The molecule has 7 heteroatoms. The van der Waals surface area contributed by atoms with E-state index in [4.69, 9.17) is 4.74 Å².